The predicted molar refractivity (Wildman–Crippen MR) is 62.8 cm³/mol. The molecule has 0 aliphatic heterocycles. The van der Waals surface area contributed by atoms with Crippen molar-refractivity contribution in [3.63, 3.8) is 0 Å². The summed E-state index contributed by atoms with van der Waals surface area (Å²) in [5.74, 6) is 1.41. The summed E-state index contributed by atoms with van der Waals surface area (Å²) >= 11 is 0. The van der Waals surface area contributed by atoms with Gasteiger partial charge < -0.3 is 9.47 Å². The van der Waals surface area contributed by atoms with Gasteiger partial charge in [-0.25, -0.2) is 4.98 Å². The lowest BCUT2D eigenvalue weighted by atomic mass is 10.5. The van der Waals surface area contributed by atoms with Crippen LogP contribution in [0.2, 0.25) is 0 Å². The standard InChI is InChI=1S/C10H15N5O/c1-6-11-8-7(14(6)4)9(16)12-10(13(2)3)15(8)5/h1-5H3. The summed E-state index contributed by atoms with van der Waals surface area (Å²) in [7, 11) is 7.38. The number of imidazole rings is 1. The highest BCUT2D eigenvalue weighted by molar-refractivity contribution is 5.72. The summed E-state index contributed by atoms with van der Waals surface area (Å²) in [6, 6.07) is 0. The Morgan fingerprint density at radius 1 is 1.12 bits per heavy atom. The average molecular weight is 221 g/mol. The smallest absolute Gasteiger partial charge is 0.300 e. The van der Waals surface area contributed by atoms with Crippen molar-refractivity contribution in [2.45, 2.75) is 6.92 Å². The van der Waals surface area contributed by atoms with Crippen molar-refractivity contribution in [2.75, 3.05) is 19.0 Å². The van der Waals surface area contributed by atoms with E-state index in [-0.39, 0.29) is 5.56 Å². The summed E-state index contributed by atoms with van der Waals surface area (Å²) in [5.41, 5.74) is 0.981. The van der Waals surface area contributed by atoms with Crippen molar-refractivity contribution in [2.24, 2.45) is 14.1 Å². The van der Waals surface area contributed by atoms with E-state index in [1.165, 1.54) is 0 Å². The van der Waals surface area contributed by atoms with Gasteiger partial charge in [0.1, 0.15) is 5.82 Å². The van der Waals surface area contributed by atoms with E-state index in [1.54, 1.807) is 9.47 Å². The highest BCUT2D eigenvalue weighted by atomic mass is 16.1. The lowest BCUT2D eigenvalue weighted by molar-refractivity contribution is 0.840. The molecule has 0 spiro atoms. The largest absolute Gasteiger partial charge is 0.348 e. The maximum atomic E-state index is 11.9. The molecule has 6 heteroatoms. The Hall–Kier alpha value is -1.85. The lowest BCUT2D eigenvalue weighted by Gasteiger charge is -2.15. The first-order valence-electron chi connectivity index (χ1n) is 5.01. The molecule has 6 nitrogen and oxygen atoms in total. The minimum Gasteiger partial charge on any atom is -0.348 e. The third-order valence-corrected chi connectivity index (χ3v) is 2.72. The second-order valence-corrected chi connectivity index (χ2v) is 4.06. The Bertz CT molecular complexity index is 608. The topological polar surface area (TPSA) is 56.0 Å². The van der Waals surface area contributed by atoms with Crippen LogP contribution in [-0.2, 0) is 14.1 Å². The van der Waals surface area contributed by atoms with E-state index in [4.69, 9.17) is 0 Å². The molecule has 0 bridgehead atoms. The molecule has 0 aliphatic carbocycles. The highest BCUT2D eigenvalue weighted by Crippen LogP contribution is 2.14. The van der Waals surface area contributed by atoms with Crippen LogP contribution in [0.5, 0.6) is 0 Å². The first kappa shape index (κ1) is 10.7. The van der Waals surface area contributed by atoms with Crippen molar-refractivity contribution in [1.29, 1.82) is 0 Å². The number of rotatable bonds is 1. The van der Waals surface area contributed by atoms with E-state index in [0.29, 0.717) is 17.1 Å². The van der Waals surface area contributed by atoms with E-state index in [2.05, 4.69) is 9.97 Å². The van der Waals surface area contributed by atoms with Gasteiger partial charge in [-0.15, -0.1) is 0 Å². The van der Waals surface area contributed by atoms with Crippen LogP contribution in [0.15, 0.2) is 4.79 Å². The Balaban J connectivity index is 2.96. The Morgan fingerprint density at radius 3 is 2.31 bits per heavy atom. The van der Waals surface area contributed by atoms with Crippen molar-refractivity contribution >= 4 is 17.1 Å². The zero-order valence-electron chi connectivity index (χ0n) is 10.1. The predicted octanol–water partition coefficient (Wildman–Crippen LogP) is 0.0414. The summed E-state index contributed by atoms with van der Waals surface area (Å²) in [6.07, 6.45) is 0. The van der Waals surface area contributed by atoms with Gasteiger partial charge >= 0.3 is 5.56 Å². The molecule has 0 aromatic carbocycles. The molecule has 0 N–H and O–H groups in total. The van der Waals surface area contributed by atoms with Crippen LogP contribution < -0.4 is 10.5 Å². The van der Waals surface area contributed by atoms with Crippen LogP contribution in [0.1, 0.15) is 5.82 Å². The van der Waals surface area contributed by atoms with E-state index in [9.17, 15) is 4.79 Å². The molecule has 0 saturated carbocycles. The van der Waals surface area contributed by atoms with E-state index in [0.717, 1.165) is 5.82 Å². The number of hydrogen-bond donors (Lipinski definition) is 0. The second-order valence-electron chi connectivity index (χ2n) is 4.06. The summed E-state index contributed by atoms with van der Waals surface area (Å²) < 4.78 is 3.59. The Morgan fingerprint density at radius 2 is 1.75 bits per heavy atom. The third kappa shape index (κ3) is 1.30. The van der Waals surface area contributed by atoms with Gasteiger partial charge in [0.25, 0.3) is 0 Å². The van der Waals surface area contributed by atoms with Gasteiger partial charge in [-0.3, -0.25) is 9.36 Å². The van der Waals surface area contributed by atoms with E-state index < -0.39 is 0 Å². The van der Waals surface area contributed by atoms with Gasteiger partial charge in [0, 0.05) is 28.2 Å². The zero-order chi connectivity index (χ0) is 12.0. The molecule has 86 valence electrons. The summed E-state index contributed by atoms with van der Waals surface area (Å²) in [4.78, 5) is 22.1. The first-order chi connectivity index (χ1) is 7.43. The van der Waals surface area contributed by atoms with Gasteiger partial charge in [-0.2, -0.15) is 4.98 Å². The fourth-order valence-corrected chi connectivity index (χ4v) is 1.78. The van der Waals surface area contributed by atoms with Crippen LogP contribution in [0, 0.1) is 6.92 Å². The molecule has 0 atom stereocenters. The zero-order valence-corrected chi connectivity index (χ0v) is 10.1. The molecule has 0 fully saturated rings. The Labute approximate surface area is 93.1 Å². The van der Waals surface area contributed by atoms with Gasteiger partial charge in [-0.1, -0.05) is 0 Å². The number of nitrogens with zero attached hydrogens (tertiary/aromatic N) is 5. The van der Waals surface area contributed by atoms with Crippen molar-refractivity contribution < 1.29 is 0 Å². The highest BCUT2D eigenvalue weighted by Gasteiger charge is 2.15. The molecule has 0 amide bonds. The molecular weight excluding hydrogens is 206 g/mol. The number of fused-ring (bicyclic) bond motifs is 1. The molecule has 2 heterocycles. The average Bonchev–Trinajstić information content (AvgIpc) is 2.50. The number of aromatic nitrogens is 4. The quantitative estimate of drug-likeness (QED) is 0.682. The lowest BCUT2D eigenvalue weighted by Crippen LogP contribution is -2.23. The molecule has 0 radical (unpaired) electrons. The first-order valence-corrected chi connectivity index (χ1v) is 5.01. The van der Waals surface area contributed by atoms with Crippen LogP contribution in [0.3, 0.4) is 0 Å². The van der Waals surface area contributed by atoms with Crippen molar-refractivity contribution in [1.82, 2.24) is 19.1 Å². The van der Waals surface area contributed by atoms with Gasteiger partial charge in [0.05, 0.1) is 0 Å². The second kappa shape index (κ2) is 3.33. The molecule has 16 heavy (non-hydrogen) atoms. The number of anilines is 1. The Kier molecular flexibility index (Phi) is 2.22. The summed E-state index contributed by atoms with van der Waals surface area (Å²) in [6.45, 7) is 1.87. The molecular formula is C10H15N5O. The minimum absolute atomic E-state index is 0.236. The van der Waals surface area contributed by atoms with Gasteiger partial charge in [0.15, 0.2) is 11.2 Å². The fourth-order valence-electron chi connectivity index (χ4n) is 1.78. The van der Waals surface area contributed by atoms with Gasteiger partial charge in [-0.05, 0) is 6.92 Å². The molecule has 2 rings (SSSR count). The minimum atomic E-state index is -0.236. The maximum absolute atomic E-state index is 11.9. The van der Waals surface area contributed by atoms with E-state index >= 15 is 0 Å². The third-order valence-electron chi connectivity index (χ3n) is 2.72. The van der Waals surface area contributed by atoms with Crippen molar-refractivity contribution in [3.8, 4) is 0 Å². The monoisotopic (exact) mass is 221 g/mol. The summed E-state index contributed by atoms with van der Waals surface area (Å²) in [5, 5.41) is 0. The molecule has 0 saturated heterocycles. The number of hydrogen-bond acceptors (Lipinski definition) is 4. The molecule has 0 unspecified atom stereocenters. The fraction of sp³-hybridized carbons (Fsp3) is 0.500. The van der Waals surface area contributed by atoms with Crippen LogP contribution in [0.4, 0.5) is 5.95 Å². The SMILES string of the molecule is Cc1nc2c(c(=O)nc(N(C)C)n2C)n1C. The molecule has 2 aromatic rings. The van der Waals surface area contributed by atoms with Crippen LogP contribution in [0.25, 0.3) is 11.2 Å². The molecule has 0 aliphatic rings. The normalized spacial score (nSPS) is 11.1. The number of aryl methyl sites for hydroxylation is 3. The molecule has 2 aromatic heterocycles. The van der Waals surface area contributed by atoms with Crippen LogP contribution in [-0.4, -0.2) is 33.2 Å². The van der Waals surface area contributed by atoms with Crippen LogP contribution >= 0.6 is 0 Å². The maximum Gasteiger partial charge on any atom is 0.300 e. The van der Waals surface area contributed by atoms with Crippen molar-refractivity contribution in [3.05, 3.63) is 16.2 Å². The van der Waals surface area contributed by atoms with E-state index in [1.807, 2.05) is 39.7 Å². The van der Waals surface area contributed by atoms with Gasteiger partial charge in [0.2, 0.25) is 5.95 Å².